The fourth-order valence-electron chi connectivity index (χ4n) is 3.42. The highest BCUT2D eigenvalue weighted by Gasteiger charge is 2.29. The molecule has 0 unspecified atom stereocenters. The Morgan fingerprint density at radius 3 is 2.54 bits per heavy atom. The van der Waals surface area contributed by atoms with E-state index in [0.717, 1.165) is 6.42 Å². The monoisotopic (exact) mass is 383 g/mol. The number of pyridine rings is 1. The van der Waals surface area contributed by atoms with Gasteiger partial charge in [0.2, 0.25) is 5.91 Å². The van der Waals surface area contributed by atoms with E-state index >= 15 is 0 Å². The summed E-state index contributed by atoms with van der Waals surface area (Å²) >= 11 is 6.20. The first-order valence-electron chi connectivity index (χ1n) is 8.51. The van der Waals surface area contributed by atoms with Gasteiger partial charge < -0.3 is 14.9 Å². The van der Waals surface area contributed by atoms with Gasteiger partial charge in [-0.3, -0.25) is 14.4 Å². The number of carbonyl (C=O) groups excluding carboxylic acids is 2. The molecule has 2 saturated heterocycles. The summed E-state index contributed by atoms with van der Waals surface area (Å²) in [5, 5.41) is 9.23. The zero-order valence-electron chi connectivity index (χ0n) is 14.1. The zero-order valence-corrected chi connectivity index (χ0v) is 14.8. The van der Waals surface area contributed by atoms with Crippen molar-refractivity contribution in [3.8, 4) is 0 Å². The first kappa shape index (κ1) is 18.6. The van der Waals surface area contributed by atoms with Crippen molar-refractivity contribution in [2.75, 3.05) is 24.5 Å². The average Bonchev–Trinajstić information content (AvgIpc) is 3.01. The number of hydrogen-bond donors (Lipinski definition) is 1. The standard InChI is InChI=1S/C17H19ClFN3O4/c18-12-8-11(15(19)24)13(9-22-5-1-2-14(22)23)20-16(12)21-6-3-10(4-7-21)17(25)26/h8,10H,1-7,9H2,(H,25,26). The lowest BCUT2D eigenvalue weighted by Gasteiger charge is -2.32. The van der Waals surface area contributed by atoms with Crippen molar-refractivity contribution >= 4 is 35.3 Å². The van der Waals surface area contributed by atoms with Crippen LogP contribution in [0.2, 0.25) is 5.02 Å². The Labute approximate surface area is 154 Å². The highest BCUT2D eigenvalue weighted by molar-refractivity contribution is 6.33. The molecule has 26 heavy (non-hydrogen) atoms. The normalized spacial score (nSPS) is 18.5. The van der Waals surface area contributed by atoms with Crippen LogP contribution in [0.4, 0.5) is 10.2 Å². The molecule has 2 fully saturated rings. The van der Waals surface area contributed by atoms with E-state index in [1.54, 1.807) is 4.90 Å². The number of likely N-dealkylation sites (tertiary alicyclic amines) is 1. The molecule has 3 rings (SSSR count). The zero-order chi connectivity index (χ0) is 18.8. The minimum Gasteiger partial charge on any atom is -0.481 e. The maximum absolute atomic E-state index is 13.4. The van der Waals surface area contributed by atoms with Crippen molar-refractivity contribution in [2.24, 2.45) is 5.92 Å². The van der Waals surface area contributed by atoms with Gasteiger partial charge in [-0.15, -0.1) is 0 Å². The highest BCUT2D eigenvalue weighted by Crippen LogP contribution is 2.31. The van der Waals surface area contributed by atoms with Crippen molar-refractivity contribution in [3.05, 3.63) is 22.3 Å². The number of aromatic nitrogens is 1. The molecule has 2 aliphatic rings. The predicted molar refractivity (Wildman–Crippen MR) is 91.9 cm³/mol. The van der Waals surface area contributed by atoms with E-state index in [9.17, 15) is 18.8 Å². The van der Waals surface area contributed by atoms with Gasteiger partial charge in [-0.1, -0.05) is 11.6 Å². The number of halogens is 2. The molecule has 0 aliphatic carbocycles. The number of amides is 1. The number of carbonyl (C=O) groups is 3. The fourth-order valence-corrected chi connectivity index (χ4v) is 3.69. The van der Waals surface area contributed by atoms with Crippen molar-refractivity contribution in [3.63, 3.8) is 0 Å². The molecule has 0 aromatic carbocycles. The summed E-state index contributed by atoms with van der Waals surface area (Å²) in [6.45, 7) is 1.51. The number of hydrogen-bond acceptors (Lipinski definition) is 5. The quantitative estimate of drug-likeness (QED) is 0.784. The van der Waals surface area contributed by atoms with Gasteiger partial charge in [-0.2, -0.15) is 4.39 Å². The van der Waals surface area contributed by atoms with Gasteiger partial charge in [0.15, 0.2) is 0 Å². The Morgan fingerprint density at radius 1 is 1.31 bits per heavy atom. The molecule has 1 amide bonds. The van der Waals surface area contributed by atoms with Crippen LogP contribution in [0.25, 0.3) is 0 Å². The average molecular weight is 384 g/mol. The Kier molecular flexibility index (Phi) is 5.41. The summed E-state index contributed by atoms with van der Waals surface area (Å²) in [5.41, 5.74) is -0.0635. The Morgan fingerprint density at radius 2 is 2.00 bits per heavy atom. The lowest BCUT2D eigenvalue weighted by Crippen LogP contribution is -2.37. The fraction of sp³-hybridized carbons (Fsp3) is 0.529. The van der Waals surface area contributed by atoms with Gasteiger partial charge in [0.05, 0.1) is 28.7 Å². The third kappa shape index (κ3) is 3.80. The van der Waals surface area contributed by atoms with E-state index in [-0.39, 0.29) is 28.7 Å². The minimum absolute atomic E-state index is 0.0529. The summed E-state index contributed by atoms with van der Waals surface area (Å²) in [4.78, 5) is 42.0. The van der Waals surface area contributed by atoms with Crippen LogP contribution in [-0.2, 0) is 16.1 Å². The van der Waals surface area contributed by atoms with E-state index in [2.05, 4.69) is 4.98 Å². The number of rotatable bonds is 5. The third-order valence-corrected chi connectivity index (χ3v) is 5.18. The minimum atomic E-state index is -1.64. The van der Waals surface area contributed by atoms with Crippen LogP contribution in [-0.4, -0.2) is 52.5 Å². The van der Waals surface area contributed by atoms with E-state index in [4.69, 9.17) is 16.7 Å². The number of piperidine rings is 1. The Bertz CT molecular complexity index is 750. The van der Waals surface area contributed by atoms with Gasteiger partial charge in [0.25, 0.3) is 0 Å². The van der Waals surface area contributed by atoms with Gasteiger partial charge in [0.1, 0.15) is 5.82 Å². The molecule has 2 aliphatic heterocycles. The second-order valence-corrected chi connectivity index (χ2v) is 6.99. The smallest absolute Gasteiger partial charge is 0.334 e. The summed E-state index contributed by atoms with van der Waals surface area (Å²) < 4.78 is 13.4. The van der Waals surface area contributed by atoms with Crippen LogP contribution in [0.15, 0.2) is 6.07 Å². The number of carboxylic acid groups (broad SMARTS) is 1. The van der Waals surface area contributed by atoms with Gasteiger partial charge >= 0.3 is 12.0 Å². The predicted octanol–water partition coefficient (Wildman–Crippen LogP) is 2.27. The molecule has 9 heteroatoms. The SMILES string of the molecule is O=C(F)c1cc(Cl)c(N2CCC(C(=O)O)CC2)nc1CN1CCCC1=O. The van der Waals surface area contributed by atoms with Crippen LogP contribution in [0, 0.1) is 5.92 Å². The van der Waals surface area contributed by atoms with Gasteiger partial charge in [-0.25, -0.2) is 4.98 Å². The van der Waals surface area contributed by atoms with Crippen molar-refractivity contribution in [1.29, 1.82) is 0 Å². The molecular formula is C17H19ClFN3O4. The molecule has 0 atom stereocenters. The van der Waals surface area contributed by atoms with Crippen molar-refractivity contribution < 1.29 is 23.9 Å². The topological polar surface area (TPSA) is 90.8 Å². The molecule has 1 N–H and O–H groups in total. The molecule has 140 valence electrons. The van der Waals surface area contributed by atoms with Gasteiger partial charge in [0, 0.05) is 26.1 Å². The molecule has 1 aromatic heterocycles. The maximum Gasteiger partial charge on any atom is 0.334 e. The lowest BCUT2D eigenvalue weighted by atomic mass is 9.97. The summed E-state index contributed by atoms with van der Waals surface area (Å²) in [6.07, 6.45) is 2.07. The van der Waals surface area contributed by atoms with Crippen LogP contribution < -0.4 is 4.90 Å². The second kappa shape index (κ2) is 7.57. The van der Waals surface area contributed by atoms with Gasteiger partial charge in [-0.05, 0) is 25.3 Å². The van der Waals surface area contributed by atoms with E-state index in [1.807, 2.05) is 4.90 Å². The van der Waals surface area contributed by atoms with Crippen LogP contribution >= 0.6 is 11.6 Å². The first-order valence-corrected chi connectivity index (χ1v) is 8.89. The molecule has 1 aromatic rings. The molecular weight excluding hydrogens is 365 g/mol. The molecule has 0 radical (unpaired) electrons. The van der Waals surface area contributed by atoms with Crippen LogP contribution in [0.3, 0.4) is 0 Å². The highest BCUT2D eigenvalue weighted by atomic mass is 35.5. The Hall–Kier alpha value is -2.22. The summed E-state index contributed by atoms with van der Waals surface area (Å²) in [5.74, 6) is -0.890. The van der Waals surface area contributed by atoms with E-state index in [0.29, 0.717) is 44.7 Å². The summed E-state index contributed by atoms with van der Waals surface area (Å²) in [6, 6.07) is -0.400. The molecule has 3 heterocycles. The van der Waals surface area contributed by atoms with Crippen molar-refractivity contribution in [2.45, 2.75) is 32.2 Å². The molecule has 0 bridgehead atoms. The number of nitrogens with zero attached hydrogens (tertiary/aromatic N) is 3. The molecule has 0 spiro atoms. The third-order valence-electron chi connectivity index (χ3n) is 4.90. The lowest BCUT2D eigenvalue weighted by molar-refractivity contribution is -0.142. The van der Waals surface area contributed by atoms with Crippen molar-refractivity contribution in [1.82, 2.24) is 9.88 Å². The second-order valence-electron chi connectivity index (χ2n) is 6.58. The van der Waals surface area contributed by atoms with E-state index in [1.165, 1.54) is 6.07 Å². The van der Waals surface area contributed by atoms with Crippen LogP contribution in [0.1, 0.15) is 41.7 Å². The molecule has 0 saturated carbocycles. The Balaban J connectivity index is 1.86. The van der Waals surface area contributed by atoms with E-state index < -0.39 is 17.9 Å². The number of carboxylic acids is 1. The number of aliphatic carboxylic acids is 1. The van der Waals surface area contributed by atoms with Crippen LogP contribution in [0.5, 0.6) is 0 Å². The summed E-state index contributed by atoms with van der Waals surface area (Å²) in [7, 11) is 0. The molecule has 7 nitrogen and oxygen atoms in total. The first-order chi connectivity index (χ1) is 12.4. The maximum atomic E-state index is 13.4. The largest absolute Gasteiger partial charge is 0.481 e. The number of anilines is 1.